The van der Waals surface area contributed by atoms with E-state index in [-0.39, 0.29) is 0 Å². The van der Waals surface area contributed by atoms with Crippen molar-refractivity contribution in [2.75, 3.05) is 29.2 Å². The molecule has 0 saturated heterocycles. The van der Waals surface area contributed by atoms with Crippen LogP contribution in [0.25, 0.3) is 0 Å². The van der Waals surface area contributed by atoms with Gasteiger partial charge in [0.05, 0.1) is 0 Å². The summed E-state index contributed by atoms with van der Waals surface area (Å²) < 4.78 is 0. The number of hydrogen-bond donors (Lipinski definition) is 2. The number of anilines is 2. The lowest BCUT2D eigenvalue weighted by Gasteiger charge is -2.01. The second-order valence-corrected chi connectivity index (χ2v) is 4.39. The van der Waals surface area contributed by atoms with E-state index in [1.165, 1.54) is 0 Å². The van der Waals surface area contributed by atoms with Gasteiger partial charge < -0.3 is 11.5 Å². The van der Waals surface area contributed by atoms with Gasteiger partial charge in [0.1, 0.15) is 11.6 Å². The minimum absolute atomic E-state index is 0.430. The highest BCUT2D eigenvalue weighted by Gasteiger charge is 2.00. The van der Waals surface area contributed by atoms with E-state index in [1.54, 1.807) is 29.6 Å². The molecule has 0 aromatic carbocycles. The normalized spacial score (nSPS) is 10.2. The lowest BCUT2D eigenvalue weighted by atomic mass is 10.5. The van der Waals surface area contributed by atoms with Gasteiger partial charge in [-0.2, -0.15) is 11.8 Å². The number of nitrogens with zero attached hydrogens (tertiary/aromatic N) is 2. The summed E-state index contributed by atoms with van der Waals surface area (Å²) in [6, 6.07) is 1.55. The van der Waals surface area contributed by atoms with Gasteiger partial charge in [0, 0.05) is 17.6 Å². The zero-order valence-electron chi connectivity index (χ0n) is 7.36. The number of nitrogens with two attached hydrogens (primary N) is 2. The zero-order valence-corrected chi connectivity index (χ0v) is 8.99. The average Bonchev–Trinajstić information content (AvgIpc) is 2.03. The Bertz CT molecular complexity index is 259. The summed E-state index contributed by atoms with van der Waals surface area (Å²) in [7, 11) is 0. The highest BCUT2D eigenvalue weighted by Crippen LogP contribution is 2.16. The summed E-state index contributed by atoms with van der Waals surface area (Å²) in [5.74, 6) is 2.91. The highest BCUT2D eigenvalue weighted by molar-refractivity contribution is 8.02. The van der Waals surface area contributed by atoms with Gasteiger partial charge in [-0.15, -0.1) is 0 Å². The molecule has 0 saturated carbocycles. The van der Waals surface area contributed by atoms with E-state index in [4.69, 9.17) is 11.5 Å². The molecule has 4 N–H and O–H groups in total. The third-order valence-corrected chi connectivity index (χ3v) is 2.98. The molecule has 4 nitrogen and oxygen atoms in total. The average molecular weight is 216 g/mol. The Morgan fingerprint density at radius 2 is 1.85 bits per heavy atom. The van der Waals surface area contributed by atoms with Gasteiger partial charge in [-0.25, -0.2) is 9.97 Å². The molecule has 13 heavy (non-hydrogen) atoms. The fourth-order valence-electron chi connectivity index (χ4n) is 0.743. The Morgan fingerprint density at radius 3 is 2.38 bits per heavy atom. The molecule has 6 heteroatoms. The lowest BCUT2D eigenvalue weighted by Crippen LogP contribution is -1.99. The van der Waals surface area contributed by atoms with Gasteiger partial charge in [0.2, 0.25) is 0 Å². The van der Waals surface area contributed by atoms with Crippen molar-refractivity contribution in [3.05, 3.63) is 6.07 Å². The van der Waals surface area contributed by atoms with E-state index in [9.17, 15) is 0 Å². The van der Waals surface area contributed by atoms with Crippen molar-refractivity contribution in [2.24, 2.45) is 0 Å². The van der Waals surface area contributed by atoms with Gasteiger partial charge in [0.25, 0.3) is 0 Å². The van der Waals surface area contributed by atoms with Crippen molar-refractivity contribution in [1.29, 1.82) is 0 Å². The van der Waals surface area contributed by atoms with Crippen LogP contribution in [0.1, 0.15) is 0 Å². The number of nitrogen functional groups attached to an aromatic ring is 2. The monoisotopic (exact) mass is 216 g/mol. The molecule has 0 unspecified atom stereocenters. The maximum atomic E-state index is 5.51. The second kappa shape index (κ2) is 5.18. The lowest BCUT2D eigenvalue weighted by molar-refractivity contribution is 0.985. The summed E-state index contributed by atoms with van der Waals surface area (Å²) in [6.07, 6.45) is 2.06. The fourth-order valence-corrected chi connectivity index (χ4v) is 2.27. The maximum Gasteiger partial charge on any atom is 0.191 e. The largest absolute Gasteiger partial charge is 0.383 e. The van der Waals surface area contributed by atoms with Gasteiger partial charge in [-0.3, -0.25) is 0 Å². The van der Waals surface area contributed by atoms with Crippen LogP contribution >= 0.6 is 23.5 Å². The Kier molecular flexibility index (Phi) is 4.17. The molecule has 1 aromatic rings. The van der Waals surface area contributed by atoms with Gasteiger partial charge in [-0.1, -0.05) is 11.8 Å². The van der Waals surface area contributed by atoms with Gasteiger partial charge >= 0.3 is 0 Å². The van der Waals surface area contributed by atoms with Crippen molar-refractivity contribution in [3.63, 3.8) is 0 Å². The predicted octanol–water partition coefficient (Wildman–Crippen LogP) is 1.10. The van der Waals surface area contributed by atoms with E-state index in [0.717, 1.165) is 11.5 Å². The minimum atomic E-state index is 0.430. The molecule has 1 heterocycles. The molecule has 0 bridgehead atoms. The molecule has 0 fully saturated rings. The first kappa shape index (κ1) is 10.5. The molecule has 0 radical (unpaired) electrons. The standard InChI is InChI=1S/C7H12N4S2/c1-12-2-3-13-7-10-5(8)4-6(9)11-7/h4H,2-3H2,1H3,(H4,8,9,10,11). The Labute approximate surface area is 85.9 Å². The summed E-state index contributed by atoms with van der Waals surface area (Å²) in [6.45, 7) is 0. The number of thioether (sulfide) groups is 2. The molecule has 1 aromatic heterocycles. The number of hydrogen-bond acceptors (Lipinski definition) is 6. The molecule has 0 aliphatic heterocycles. The fraction of sp³-hybridized carbons (Fsp3) is 0.429. The third-order valence-electron chi connectivity index (χ3n) is 1.26. The second-order valence-electron chi connectivity index (χ2n) is 2.34. The summed E-state index contributed by atoms with van der Waals surface area (Å²) in [4.78, 5) is 8.09. The van der Waals surface area contributed by atoms with Crippen molar-refractivity contribution in [3.8, 4) is 0 Å². The predicted molar refractivity (Wildman–Crippen MR) is 60.0 cm³/mol. The molecule has 1 rings (SSSR count). The van der Waals surface area contributed by atoms with Crippen LogP contribution in [-0.4, -0.2) is 27.7 Å². The van der Waals surface area contributed by atoms with Crippen LogP contribution in [0.2, 0.25) is 0 Å². The first-order valence-electron chi connectivity index (χ1n) is 3.74. The summed E-state index contributed by atoms with van der Waals surface area (Å²) >= 11 is 3.36. The molecule has 0 aliphatic rings. The minimum Gasteiger partial charge on any atom is -0.383 e. The molecule has 0 spiro atoms. The van der Waals surface area contributed by atoms with E-state index < -0.39 is 0 Å². The quantitative estimate of drug-likeness (QED) is 0.446. The summed E-state index contributed by atoms with van der Waals surface area (Å²) in [5.41, 5.74) is 11.0. The van der Waals surface area contributed by atoms with Crippen LogP contribution in [0.3, 0.4) is 0 Å². The first-order valence-corrected chi connectivity index (χ1v) is 6.12. The Morgan fingerprint density at radius 1 is 1.23 bits per heavy atom. The topological polar surface area (TPSA) is 77.8 Å². The van der Waals surface area contributed by atoms with Crippen LogP contribution in [0.5, 0.6) is 0 Å². The van der Waals surface area contributed by atoms with Crippen LogP contribution in [-0.2, 0) is 0 Å². The van der Waals surface area contributed by atoms with Crippen LogP contribution in [0, 0.1) is 0 Å². The molecule has 0 amide bonds. The van der Waals surface area contributed by atoms with Crippen LogP contribution < -0.4 is 11.5 Å². The van der Waals surface area contributed by atoms with E-state index in [0.29, 0.717) is 16.8 Å². The SMILES string of the molecule is CSCCSc1nc(N)cc(N)n1. The molecular formula is C7H12N4S2. The molecule has 0 atom stereocenters. The molecule has 0 aliphatic carbocycles. The van der Waals surface area contributed by atoms with Gasteiger partial charge in [0.15, 0.2) is 5.16 Å². The zero-order chi connectivity index (χ0) is 9.68. The van der Waals surface area contributed by atoms with E-state index in [1.807, 2.05) is 0 Å². The third kappa shape index (κ3) is 3.73. The molecule has 72 valence electrons. The van der Waals surface area contributed by atoms with E-state index in [2.05, 4.69) is 16.2 Å². The first-order chi connectivity index (χ1) is 6.22. The summed E-state index contributed by atoms with van der Waals surface area (Å²) in [5, 5.41) is 0.659. The van der Waals surface area contributed by atoms with E-state index >= 15 is 0 Å². The smallest absolute Gasteiger partial charge is 0.191 e. The van der Waals surface area contributed by atoms with Crippen LogP contribution in [0.15, 0.2) is 11.2 Å². The molecular weight excluding hydrogens is 204 g/mol. The van der Waals surface area contributed by atoms with Crippen molar-refractivity contribution in [1.82, 2.24) is 9.97 Å². The Hall–Kier alpha value is -0.620. The Balaban J connectivity index is 2.56. The number of rotatable bonds is 4. The van der Waals surface area contributed by atoms with Crippen molar-refractivity contribution in [2.45, 2.75) is 5.16 Å². The van der Waals surface area contributed by atoms with Crippen molar-refractivity contribution < 1.29 is 0 Å². The van der Waals surface area contributed by atoms with Gasteiger partial charge in [-0.05, 0) is 6.26 Å². The maximum absolute atomic E-state index is 5.51. The van der Waals surface area contributed by atoms with Crippen LogP contribution in [0.4, 0.5) is 11.6 Å². The number of aromatic nitrogens is 2. The van der Waals surface area contributed by atoms with Crippen molar-refractivity contribution >= 4 is 35.2 Å². The highest BCUT2D eigenvalue weighted by atomic mass is 32.2.